The van der Waals surface area contributed by atoms with Crippen LogP contribution < -0.4 is 0 Å². The van der Waals surface area contributed by atoms with E-state index in [1.54, 1.807) is 0 Å². The Kier molecular flexibility index (Phi) is 5.02. The van der Waals surface area contributed by atoms with Crippen LogP contribution in [-0.2, 0) is 4.74 Å². The van der Waals surface area contributed by atoms with Gasteiger partial charge in [0.15, 0.2) is 0 Å². The van der Waals surface area contributed by atoms with Gasteiger partial charge in [-0.1, -0.05) is 0 Å². The van der Waals surface area contributed by atoms with Crippen LogP contribution in [0.5, 0.6) is 0 Å². The molecule has 1 aliphatic rings. The predicted molar refractivity (Wildman–Crippen MR) is 60.8 cm³/mol. The summed E-state index contributed by atoms with van der Waals surface area (Å²) in [5.74, 6) is 0.784. The molecule has 1 saturated heterocycles. The topological polar surface area (TPSA) is 9.23 Å². The van der Waals surface area contributed by atoms with Gasteiger partial charge in [-0.05, 0) is 44.4 Å². The first-order valence-electron chi connectivity index (χ1n) is 4.83. The molecule has 12 heavy (non-hydrogen) atoms. The molecule has 0 spiro atoms. The molecular weight excluding hydrogens is 186 g/mol. The van der Waals surface area contributed by atoms with Crippen LogP contribution in [0.2, 0.25) is 0 Å². The highest BCUT2D eigenvalue weighted by Gasteiger charge is 2.26. The number of hydrogen-bond donors (Lipinski definition) is 0. The lowest BCUT2D eigenvalue weighted by Crippen LogP contribution is -2.34. The second-order valence-electron chi connectivity index (χ2n) is 3.64. The number of rotatable bonds is 3. The number of hydrogen-bond acceptors (Lipinski definition) is 1. The van der Waals surface area contributed by atoms with E-state index in [1.165, 1.54) is 31.6 Å². The van der Waals surface area contributed by atoms with Crippen LogP contribution in [0.3, 0.4) is 0 Å². The highest BCUT2D eigenvalue weighted by molar-refractivity contribution is 7.16. The van der Waals surface area contributed by atoms with Crippen molar-refractivity contribution in [3.63, 3.8) is 0 Å². The van der Waals surface area contributed by atoms with Crippen molar-refractivity contribution in [3.8, 4) is 0 Å². The van der Waals surface area contributed by atoms with Gasteiger partial charge in [-0.2, -0.15) is 0 Å². The van der Waals surface area contributed by atoms with Gasteiger partial charge in [0, 0.05) is 0 Å². The van der Waals surface area contributed by atoms with Gasteiger partial charge < -0.3 is 4.74 Å². The molecule has 1 heterocycles. The van der Waals surface area contributed by atoms with E-state index in [4.69, 9.17) is 4.74 Å². The average Bonchev–Trinajstić information content (AvgIpc) is 2.05. The molecule has 0 aliphatic carbocycles. The molecule has 5 unspecified atom stereocenters. The van der Waals surface area contributed by atoms with E-state index in [1.807, 2.05) is 0 Å². The zero-order chi connectivity index (χ0) is 8.97. The quantitative estimate of drug-likeness (QED) is 0.644. The summed E-state index contributed by atoms with van der Waals surface area (Å²) in [6.45, 7) is 2.19. The highest BCUT2D eigenvalue weighted by atomic mass is 31.0. The molecule has 0 aromatic carbocycles. The van der Waals surface area contributed by atoms with Crippen LogP contribution in [0.25, 0.3) is 0 Å². The minimum atomic E-state index is 0.486. The molecule has 3 heteroatoms. The molecule has 0 aromatic heterocycles. The molecule has 0 aromatic rings. The molecule has 72 valence electrons. The van der Waals surface area contributed by atoms with Crippen molar-refractivity contribution in [1.29, 1.82) is 0 Å². The number of ether oxygens (including phenoxy) is 1. The maximum atomic E-state index is 5.90. The Morgan fingerprint density at radius 1 is 1.33 bits per heavy atom. The molecule has 1 fully saturated rings. The van der Waals surface area contributed by atoms with Gasteiger partial charge in [0.25, 0.3) is 0 Å². The summed E-state index contributed by atoms with van der Waals surface area (Å²) in [6.07, 6.45) is 7.16. The third kappa shape index (κ3) is 2.95. The molecular formula is C9H20OP2. The van der Waals surface area contributed by atoms with Gasteiger partial charge in [-0.15, -0.1) is 18.5 Å². The van der Waals surface area contributed by atoms with Crippen LogP contribution in [0.1, 0.15) is 26.2 Å². The summed E-state index contributed by atoms with van der Waals surface area (Å²) in [7, 11) is 5.63. The monoisotopic (exact) mass is 206 g/mol. The molecule has 0 bridgehead atoms. The van der Waals surface area contributed by atoms with Crippen LogP contribution in [0.15, 0.2) is 0 Å². The minimum Gasteiger partial charge on any atom is -0.375 e. The van der Waals surface area contributed by atoms with Crippen molar-refractivity contribution in [2.24, 2.45) is 5.92 Å². The van der Waals surface area contributed by atoms with Gasteiger partial charge in [-0.25, -0.2) is 0 Å². The Bertz CT molecular complexity index is 130. The van der Waals surface area contributed by atoms with E-state index >= 15 is 0 Å². The maximum absolute atomic E-state index is 5.90. The van der Waals surface area contributed by atoms with Crippen molar-refractivity contribution in [3.05, 3.63) is 0 Å². The molecule has 1 rings (SSSR count). The lowest BCUT2D eigenvalue weighted by Gasteiger charge is -2.34. The minimum absolute atomic E-state index is 0.486. The van der Waals surface area contributed by atoms with Gasteiger partial charge in [0.05, 0.1) is 12.2 Å². The molecule has 1 nitrogen and oxygen atoms in total. The summed E-state index contributed by atoms with van der Waals surface area (Å²) in [4.78, 5) is 0. The van der Waals surface area contributed by atoms with Crippen LogP contribution in [-0.4, -0.2) is 24.5 Å². The van der Waals surface area contributed by atoms with Crippen molar-refractivity contribution in [2.75, 3.05) is 12.3 Å². The first-order chi connectivity index (χ1) is 5.77. The Morgan fingerprint density at radius 3 is 2.67 bits per heavy atom. The zero-order valence-electron chi connectivity index (χ0n) is 7.83. The molecule has 0 amide bonds. The highest BCUT2D eigenvalue weighted by Crippen LogP contribution is 2.28. The fraction of sp³-hybridized carbons (Fsp3) is 1.00. The van der Waals surface area contributed by atoms with Crippen molar-refractivity contribution in [1.82, 2.24) is 0 Å². The zero-order valence-corrected chi connectivity index (χ0v) is 10.1. The standard InChI is InChI=1S/C9H20OP2/c1-7-2-3-8(6-12)9(10-7)4-5-11/h7-9H,2-6,11-12H2,1H3. The Balaban J connectivity index is 2.40. The second-order valence-corrected chi connectivity index (χ2v) is 4.68. The molecule has 0 N–H and O–H groups in total. The van der Waals surface area contributed by atoms with Gasteiger partial charge >= 0.3 is 0 Å². The fourth-order valence-corrected chi connectivity index (χ4v) is 2.72. The molecule has 0 radical (unpaired) electrons. The predicted octanol–water partition coefficient (Wildman–Crippen LogP) is 2.31. The third-order valence-electron chi connectivity index (χ3n) is 2.63. The van der Waals surface area contributed by atoms with E-state index in [2.05, 4.69) is 25.4 Å². The lowest BCUT2D eigenvalue weighted by atomic mass is 9.92. The van der Waals surface area contributed by atoms with Gasteiger partial charge in [0.1, 0.15) is 0 Å². The van der Waals surface area contributed by atoms with E-state index < -0.39 is 0 Å². The van der Waals surface area contributed by atoms with E-state index in [-0.39, 0.29) is 0 Å². The second kappa shape index (κ2) is 5.53. The van der Waals surface area contributed by atoms with E-state index in [0.717, 1.165) is 5.92 Å². The summed E-state index contributed by atoms with van der Waals surface area (Å²) >= 11 is 0. The normalized spacial score (nSPS) is 36.8. The molecule has 0 saturated carbocycles. The smallest absolute Gasteiger partial charge is 0.0613 e. The largest absolute Gasteiger partial charge is 0.375 e. The maximum Gasteiger partial charge on any atom is 0.0613 e. The Hall–Kier alpha value is 0.820. The van der Waals surface area contributed by atoms with Crippen LogP contribution in [0, 0.1) is 5.92 Å². The van der Waals surface area contributed by atoms with Crippen molar-refractivity contribution in [2.45, 2.75) is 38.4 Å². The SMILES string of the molecule is CC1CCC(CP)C(CCP)O1. The van der Waals surface area contributed by atoms with E-state index in [0.29, 0.717) is 12.2 Å². The van der Waals surface area contributed by atoms with Gasteiger partial charge in [0.2, 0.25) is 0 Å². The summed E-state index contributed by atoms with van der Waals surface area (Å²) < 4.78 is 5.90. The summed E-state index contributed by atoms with van der Waals surface area (Å²) in [5.41, 5.74) is 0. The Morgan fingerprint density at radius 2 is 2.08 bits per heavy atom. The third-order valence-corrected chi connectivity index (χ3v) is 3.57. The van der Waals surface area contributed by atoms with E-state index in [9.17, 15) is 0 Å². The first-order valence-corrected chi connectivity index (χ1v) is 6.46. The first kappa shape index (κ1) is 10.9. The Labute approximate surface area is 80.4 Å². The van der Waals surface area contributed by atoms with Crippen molar-refractivity contribution >= 4 is 18.5 Å². The fourth-order valence-electron chi connectivity index (χ4n) is 1.85. The molecule has 5 atom stereocenters. The average molecular weight is 206 g/mol. The summed E-state index contributed by atoms with van der Waals surface area (Å²) in [6, 6.07) is 0. The molecule has 1 aliphatic heterocycles. The van der Waals surface area contributed by atoms with Crippen LogP contribution in [0.4, 0.5) is 0 Å². The van der Waals surface area contributed by atoms with Crippen molar-refractivity contribution < 1.29 is 4.74 Å². The summed E-state index contributed by atoms with van der Waals surface area (Å²) in [5, 5.41) is 0. The van der Waals surface area contributed by atoms with Gasteiger partial charge in [-0.3, -0.25) is 0 Å². The lowest BCUT2D eigenvalue weighted by molar-refractivity contribution is -0.0690. The van der Waals surface area contributed by atoms with Crippen LogP contribution >= 0.6 is 18.5 Å².